The largest absolute Gasteiger partial charge is 0.496 e. The van der Waals surface area contributed by atoms with Crippen molar-refractivity contribution in [3.05, 3.63) is 59.7 Å². The first-order chi connectivity index (χ1) is 15.2. The van der Waals surface area contributed by atoms with E-state index in [1.807, 2.05) is 0 Å². The zero-order valence-electron chi connectivity index (χ0n) is 17.3. The van der Waals surface area contributed by atoms with Crippen molar-refractivity contribution < 1.29 is 32.6 Å². The number of piperidine rings is 1. The summed E-state index contributed by atoms with van der Waals surface area (Å²) in [6, 6.07) is 10.7. The molecule has 1 amide bonds. The van der Waals surface area contributed by atoms with Gasteiger partial charge in [0.05, 0.1) is 23.5 Å². The van der Waals surface area contributed by atoms with Crippen molar-refractivity contribution in [1.82, 2.24) is 4.90 Å². The number of amides is 1. The zero-order valence-corrected chi connectivity index (χ0v) is 18.1. The number of nitrogens with zero attached hydrogens (tertiary/aromatic N) is 1. The van der Waals surface area contributed by atoms with Crippen molar-refractivity contribution >= 4 is 29.7 Å². The first-order valence-corrected chi connectivity index (χ1v) is 10.7. The number of hydrogen-bond donors (Lipinski definition) is 1. The van der Waals surface area contributed by atoms with Crippen LogP contribution in [0.5, 0.6) is 5.75 Å². The van der Waals surface area contributed by atoms with Gasteiger partial charge in [0, 0.05) is 24.1 Å². The Morgan fingerprint density at radius 1 is 1.12 bits per heavy atom. The molecule has 9 heteroatoms. The molecule has 0 aromatic heterocycles. The number of benzene rings is 2. The van der Waals surface area contributed by atoms with Crippen LogP contribution in [0, 0.1) is 5.92 Å². The summed E-state index contributed by atoms with van der Waals surface area (Å²) in [6.45, 7) is 0.616. The second-order valence-electron chi connectivity index (χ2n) is 7.28. The van der Waals surface area contributed by atoms with Crippen LogP contribution in [-0.2, 0) is 15.8 Å². The van der Waals surface area contributed by atoms with Crippen molar-refractivity contribution in [2.75, 3.05) is 20.2 Å². The Balaban J connectivity index is 1.77. The van der Waals surface area contributed by atoms with Crippen LogP contribution >= 0.6 is 11.8 Å². The Morgan fingerprint density at radius 3 is 2.44 bits per heavy atom. The van der Waals surface area contributed by atoms with E-state index in [0.717, 1.165) is 17.8 Å². The summed E-state index contributed by atoms with van der Waals surface area (Å²) >= 11 is 0.958. The third-order valence-electron chi connectivity index (χ3n) is 5.17. The number of carbonyl (C=O) groups excluding carboxylic acids is 1. The summed E-state index contributed by atoms with van der Waals surface area (Å²) in [6.07, 6.45) is -1.27. The Labute approximate surface area is 187 Å². The van der Waals surface area contributed by atoms with Crippen LogP contribution in [0.15, 0.2) is 58.3 Å². The van der Waals surface area contributed by atoms with E-state index >= 15 is 0 Å². The first-order valence-electron chi connectivity index (χ1n) is 9.91. The third-order valence-corrected chi connectivity index (χ3v) is 6.31. The summed E-state index contributed by atoms with van der Waals surface area (Å²) in [5, 5.41) is 9.03. The number of methoxy groups -OCH3 is 1. The van der Waals surface area contributed by atoms with E-state index in [-0.39, 0.29) is 16.4 Å². The first kappa shape index (κ1) is 23.7. The van der Waals surface area contributed by atoms with Crippen LogP contribution in [0.25, 0.3) is 6.08 Å². The van der Waals surface area contributed by atoms with E-state index in [9.17, 15) is 22.8 Å². The van der Waals surface area contributed by atoms with Crippen LogP contribution in [-0.4, -0.2) is 42.1 Å². The Bertz CT molecular complexity index is 1010. The minimum Gasteiger partial charge on any atom is -0.496 e. The minimum atomic E-state index is -4.57. The molecule has 0 aliphatic carbocycles. The lowest BCUT2D eigenvalue weighted by atomic mass is 9.97. The van der Waals surface area contributed by atoms with E-state index in [0.29, 0.717) is 36.6 Å². The monoisotopic (exact) mass is 465 g/mol. The highest BCUT2D eigenvalue weighted by Crippen LogP contribution is 2.42. The molecule has 5 nitrogen and oxygen atoms in total. The molecule has 3 rings (SSSR count). The van der Waals surface area contributed by atoms with Crippen molar-refractivity contribution in [2.24, 2.45) is 5.92 Å². The van der Waals surface area contributed by atoms with Gasteiger partial charge in [0.25, 0.3) is 0 Å². The van der Waals surface area contributed by atoms with Crippen LogP contribution in [0.4, 0.5) is 13.2 Å². The van der Waals surface area contributed by atoms with Crippen LogP contribution in [0.2, 0.25) is 0 Å². The number of carboxylic acid groups (broad SMARTS) is 1. The molecule has 0 radical (unpaired) electrons. The number of alkyl halides is 3. The van der Waals surface area contributed by atoms with Gasteiger partial charge in [0.1, 0.15) is 5.75 Å². The maximum atomic E-state index is 13.7. The molecular weight excluding hydrogens is 443 g/mol. The average Bonchev–Trinajstić information content (AvgIpc) is 2.77. The summed E-state index contributed by atoms with van der Waals surface area (Å²) in [7, 11) is 1.46. The standard InChI is InChI=1S/C23H22F3NO4S/c1-31-18-4-2-3-5-20(18)32-19-8-6-15(14-17(19)23(24,25)26)7-9-21(28)27-12-10-16(11-13-27)22(29)30/h2-9,14,16H,10-13H2,1H3,(H,29,30)/b9-7+. The Kier molecular flexibility index (Phi) is 7.50. The van der Waals surface area contributed by atoms with E-state index in [2.05, 4.69) is 0 Å². The molecule has 2 aromatic rings. The van der Waals surface area contributed by atoms with E-state index in [1.165, 1.54) is 36.3 Å². The van der Waals surface area contributed by atoms with Gasteiger partial charge in [-0.2, -0.15) is 13.2 Å². The van der Waals surface area contributed by atoms with Gasteiger partial charge in [-0.3, -0.25) is 9.59 Å². The predicted octanol–water partition coefficient (Wildman–Crippen LogP) is 5.20. The lowest BCUT2D eigenvalue weighted by Gasteiger charge is -2.29. The van der Waals surface area contributed by atoms with Gasteiger partial charge in [-0.05, 0) is 48.7 Å². The number of likely N-dealkylation sites (tertiary alicyclic amines) is 1. The summed E-state index contributed by atoms with van der Waals surface area (Å²) in [5.74, 6) is -1.22. The number of aliphatic carboxylic acids is 1. The fourth-order valence-electron chi connectivity index (χ4n) is 3.40. The van der Waals surface area contributed by atoms with Gasteiger partial charge < -0.3 is 14.7 Å². The Morgan fingerprint density at radius 2 is 1.81 bits per heavy atom. The SMILES string of the molecule is COc1ccccc1Sc1ccc(/C=C/C(=O)N2CCC(C(=O)O)CC2)cc1C(F)(F)F. The highest BCUT2D eigenvalue weighted by atomic mass is 32.2. The van der Waals surface area contributed by atoms with Gasteiger partial charge in [0.15, 0.2) is 0 Å². The number of carboxylic acids is 1. The van der Waals surface area contributed by atoms with Gasteiger partial charge >= 0.3 is 12.1 Å². The molecule has 0 saturated carbocycles. The molecule has 0 bridgehead atoms. The second-order valence-corrected chi connectivity index (χ2v) is 8.36. The fraction of sp³-hybridized carbons (Fsp3) is 0.304. The van der Waals surface area contributed by atoms with Crippen LogP contribution < -0.4 is 4.74 Å². The lowest BCUT2D eigenvalue weighted by Crippen LogP contribution is -2.39. The number of hydrogen-bond acceptors (Lipinski definition) is 4. The lowest BCUT2D eigenvalue weighted by molar-refractivity contribution is -0.145. The molecular formula is C23H22F3NO4S. The summed E-state index contributed by atoms with van der Waals surface area (Å²) in [4.78, 5) is 25.5. The van der Waals surface area contributed by atoms with Crippen molar-refractivity contribution in [3.8, 4) is 5.75 Å². The van der Waals surface area contributed by atoms with Gasteiger partial charge in [-0.15, -0.1) is 0 Å². The minimum absolute atomic E-state index is 0.0289. The number of carbonyl (C=O) groups is 2. The zero-order chi connectivity index (χ0) is 23.3. The van der Waals surface area contributed by atoms with Gasteiger partial charge in [0.2, 0.25) is 5.91 Å². The number of rotatable bonds is 6. The van der Waals surface area contributed by atoms with Crippen molar-refractivity contribution in [1.29, 1.82) is 0 Å². The van der Waals surface area contributed by atoms with Crippen LogP contribution in [0.3, 0.4) is 0 Å². The third kappa shape index (κ3) is 5.85. The van der Waals surface area contributed by atoms with E-state index in [1.54, 1.807) is 24.3 Å². The highest BCUT2D eigenvalue weighted by Gasteiger charge is 2.34. The number of halogens is 3. The van der Waals surface area contributed by atoms with Crippen molar-refractivity contribution in [3.63, 3.8) is 0 Å². The molecule has 1 saturated heterocycles. The van der Waals surface area contributed by atoms with Gasteiger partial charge in [-0.25, -0.2) is 0 Å². The molecule has 2 aromatic carbocycles. The molecule has 1 aliphatic rings. The maximum absolute atomic E-state index is 13.7. The van der Waals surface area contributed by atoms with E-state index < -0.39 is 23.6 Å². The van der Waals surface area contributed by atoms with Gasteiger partial charge in [-0.1, -0.05) is 30.0 Å². The maximum Gasteiger partial charge on any atom is 0.417 e. The molecule has 0 unspecified atom stereocenters. The molecule has 0 atom stereocenters. The van der Waals surface area contributed by atoms with Crippen molar-refractivity contribution in [2.45, 2.75) is 28.8 Å². The molecule has 32 heavy (non-hydrogen) atoms. The van der Waals surface area contributed by atoms with Crippen LogP contribution in [0.1, 0.15) is 24.0 Å². The number of para-hydroxylation sites is 1. The second kappa shape index (κ2) is 10.1. The van der Waals surface area contributed by atoms with E-state index in [4.69, 9.17) is 9.84 Å². The molecule has 1 N–H and O–H groups in total. The molecule has 0 spiro atoms. The average molecular weight is 465 g/mol. The smallest absolute Gasteiger partial charge is 0.417 e. The molecule has 170 valence electrons. The highest BCUT2D eigenvalue weighted by molar-refractivity contribution is 7.99. The summed E-state index contributed by atoms with van der Waals surface area (Å²) < 4.78 is 46.4. The normalized spacial score (nSPS) is 15.2. The molecule has 1 aliphatic heterocycles. The Hall–Kier alpha value is -2.94. The molecule has 1 heterocycles. The topological polar surface area (TPSA) is 66.8 Å². The number of ether oxygens (including phenoxy) is 1. The predicted molar refractivity (Wildman–Crippen MR) is 115 cm³/mol. The molecule has 1 fully saturated rings. The fourth-order valence-corrected chi connectivity index (χ4v) is 4.46. The summed E-state index contributed by atoms with van der Waals surface area (Å²) in [5.41, 5.74) is -0.555. The quantitative estimate of drug-likeness (QED) is 0.594.